The molecule has 1 aromatic carbocycles. The Hall–Kier alpha value is -2.10. The van der Waals surface area contributed by atoms with Crippen LogP contribution in [0.5, 0.6) is 0 Å². The molecule has 1 atom stereocenters. The number of hydrogen-bond acceptors (Lipinski definition) is 4. The minimum atomic E-state index is -0.474. The van der Waals surface area contributed by atoms with Gasteiger partial charge in [-0.15, -0.1) is 0 Å². The topological polar surface area (TPSA) is 42.4 Å². The van der Waals surface area contributed by atoms with Gasteiger partial charge in [0.2, 0.25) is 0 Å². The average Bonchev–Trinajstić information content (AvgIpc) is 2.60. The van der Waals surface area contributed by atoms with Gasteiger partial charge in [-0.3, -0.25) is 4.79 Å². The summed E-state index contributed by atoms with van der Waals surface area (Å²) in [6.07, 6.45) is 2.12. The molecule has 1 saturated heterocycles. The van der Waals surface area contributed by atoms with E-state index in [0.717, 1.165) is 37.3 Å². The Kier molecular flexibility index (Phi) is 4.48. The highest BCUT2D eigenvalue weighted by atomic mass is 16.5. The first-order chi connectivity index (χ1) is 11.4. The Morgan fingerprint density at radius 3 is 2.83 bits per heavy atom. The van der Waals surface area contributed by atoms with Gasteiger partial charge in [0, 0.05) is 18.5 Å². The van der Waals surface area contributed by atoms with Crippen molar-refractivity contribution in [3.05, 3.63) is 35.9 Å². The zero-order chi connectivity index (χ0) is 17.3. The molecule has 128 valence electrons. The minimum absolute atomic E-state index is 0.127. The Bertz CT molecular complexity index is 754. The van der Waals surface area contributed by atoms with Crippen LogP contribution in [0, 0.1) is 18.3 Å². The molecule has 1 fully saturated rings. The number of para-hydroxylation sites is 1. The van der Waals surface area contributed by atoms with Gasteiger partial charge in [-0.25, -0.2) is 4.98 Å². The van der Waals surface area contributed by atoms with Crippen LogP contribution in [0.3, 0.4) is 0 Å². The van der Waals surface area contributed by atoms with Crippen molar-refractivity contribution in [2.75, 3.05) is 25.1 Å². The second-order valence-corrected chi connectivity index (χ2v) is 7.32. The molecule has 1 aromatic heterocycles. The number of benzene rings is 1. The second kappa shape index (κ2) is 6.42. The van der Waals surface area contributed by atoms with Crippen LogP contribution in [-0.2, 0) is 9.53 Å². The molecule has 1 aliphatic rings. The van der Waals surface area contributed by atoms with Crippen molar-refractivity contribution >= 4 is 22.7 Å². The van der Waals surface area contributed by atoms with Crippen molar-refractivity contribution in [1.82, 2.24) is 4.98 Å². The Labute approximate surface area is 143 Å². The quantitative estimate of drug-likeness (QED) is 0.801. The number of ether oxygens (including phenoxy) is 1. The predicted molar refractivity (Wildman–Crippen MR) is 97.2 cm³/mol. The van der Waals surface area contributed by atoms with Crippen LogP contribution in [-0.4, -0.2) is 31.2 Å². The Morgan fingerprint density at radius 1 is 1.33 bits per heavy atom. The lowest BCUT2D eigenvalue weighted by molar-refractivity contribution is -0.154. The summed E-state index contributed by atoms with van der Waals surface area (Å²) in [5, 5.41) is 1.17. The van der Waals surface area contributed by atoms with E-state index in [1.807, 2.05) is 26.0 Å². The van der Waals surface area contributed by atoms with Crippen molar-refractivity contribution in [3.63, 3.8) is 0 Å². The number of methoxy groups -OCH3 is 1. The number of carbonyl (C=O) groups is 1. The molecular formula is C20H26N2O2. The average molecular weight is 326 g/mol. The van der Waals surface area contributed by atoms with Gasteiger partial charge in [0.05, 0.1) is 18.0 Å². The number of hydrogen-bond donors (Lipinski definition) is 0. The van der Waals surface area contributed by atoms with Gasteiger partial charge in [0.15, 0.2) is 0 Å². The van der Waals surface area contributed by atoms with Crippen molar-refractivity contribution in [2.24, 2.45) is 11.3 Å². The molecule has 3 rings (SSSR count). The van der Waals surface area contributed by atoms with Crippen molar-refractivity contribution in [2.45, 2.75) is 33.6 Å². The maximum absolute atomic E-state index is 12.2. The lowest BCUT2D eigenvalue weighted by Crippen LogP contribution is -2.45. The van der Waals surface area contributed by atoms with E-state index in [1.54, 1.807) is 0 Å². The number of piperidine rings is 1. The molecule has 0 spiro atoms. The van der Waals surface area contributed by atoms with Crippen molar-refractivity contribution in [1.29, 1.82) is 0 Å². The van der Waals surface area contributed by atoms with Gasteiger partial charge in [-0.1, -0.05) is 18.2 Å². The summed E-state index contributed by atoms with van der Waals surface area (Å²) >= 11 is 0. The second-order valence-electron chi connectivity index (χ2n) is 7.32. The highest BCUT2D eigenvalue weighted by Gasteiger charge is 2.40. The number of anilines is 1. The molecule has 1 aliphatic heterocycles. The highest BCUT2D eigenvalue weighted by molar-refractivity contribution is 5.82. The maximum Gasteiger partial charge on any atom is 0.311 e. The SMILES string of the molecule is COC(=O)C(C)(C)C1CCCN(c2nc3ccccc3cc2C)C1. The van der Waals surface area contributed by atoms with Crippen LogP contribution >= 0.6 is 0 Å². The van der Waals surface area contributed by atoms with Crippen LogP contribution in [0.1, 0.15) is 32.3 Å². The summed E-state index contributed by atoms with van der Waals surface area (Å²) < 4.78 is 5.02. The van der Waals surface area contributed by atoms with Crippen molar-refractivity contribution < 1.29 is 9.53 Å². The maximum atomic E-state index is 12.2. The molecule has 24 heavy (non-hydrogen) atoms. The fourth-order valence-electron chi connectivity index (χ4n) is 3.72. The number of aromatic nitrogens is 1. The lowest BCUT2D eigenvalue weighted by Gasteiger charge is -2.40. The molecule has 0 aliphatic carbocycles. The normalized spacial score (nSPS) is 18.7. The third kappa shape index (κ3) is 2.97. The Morgan fingerprint density at radius 2 is 2.08 bits per heavy atom. The number of aryl methyl sites for hydroxylation is 1. The van der Waals surface area contributed by atoms with Gasteiger partial charge in [-0.05, 0) is 57.2 Å². The minimum Gasteiger partial charge on any atom is -0.469 e. The van der Waals surface area contributed by atoms with E-state index < -0.39 is 5.41 Å². The first-order valence-corrected chi connectivity index (χ1v) is 8.63. The standard InChI is InChI=1S/C20H26N2O2/c1-14-12-15-8-5-6-10-17(15)21-18(14)22-11-7-9-16(13-22)20(2,3)19(23)24-4/h5-6,8,10,12,16H,7,9,11,13H2,1-4H3. The smallest absolute Gasteiger partial charge is 0.311 e. The molecule has 0 radical (unpaired) electrons. The Balaban J connectivity index is 1.90. The predicted octanol–water partition coefficient (Wildman–Crippen LogP) is 3.96. The first kappa shape index (κ1) is 16.7. The largest absolute Gasteiger partial charge is 0.469 e. The van der Waals surface area contributed by atoms with Crippen LogP contribution in [0.25, 0.3) is 10.9 Å². The molecule has 1 unspecified atom stereocenters. The molecule has 2 heterocycles. The van der Waals surface area contributed by atoms with Gasteiger partial charge < -0.3 is 9.64 Å². The van der Waals surface area contributed by atoms with E-state index in [2.05, 4.69) is 30.0 Å². The van der Waals surface area contributed by atoms with E-state index in [-0.39, 0.29) is 11.9 Å². The molecule has 0 bridgehead atoms. The fourth-order valence-corrected chi connectivity index (χ4v) is 3.72. The van der Waals surface area contributed by atoms with Gasteiger partial charge in [0.1, 0.15) is 5.82 Å². The molecule has 2 aromatic rings. The van der Waals surface area contributed by atoms with E-state index in [1.165, 1.54) is 18.1 Å². The fraction of sp³-hybridized carbons (Fsp3) is 0.500. The third-order valence-corrected chi connectivity index (χ3v) is 5.34. The zero-order valence-electron chi connectivity index (χ0n) is 15.0. The molecule has 0 N–H and O–H groups in total. The summed E-state index contributed by atoms with van der Waals surface area (Å²) in [4.78, 5) is 19.4. The number of pyridine rings is 1. The van der Waals surface area contributed by atoms with Crippen LogP contribution < -0.4 is 4.90 Å². The monoisotopic (exact) mass is 326 g/mol. The number of carbonyl (C=O) groups excluding carboxylic acids is 1. The summed E-state index contributed by atoms with van der Waals surface area (Å²) in [6.45, 7) is 7.93. The van der Waals surface area contributed by atoms with Gasteiger partial charge >= 0.3 is 5.97 Å². The molecular weight excluding hydrogens is 300 g/mol. The zero-order valence-corrected chi connectivity index (χ0v) is 15.0. The molecule has 0 saturated carbocycles. The number of rotatable bonds is 3. The number of fused-ring (bicyclic) bond motifs is 1. The van der Waals surface area contributed by atoms with Gasteiger partial charge in [-0.2, -0.15) is 0 Å². The summed E-state index contributed by atoms with van der Waals surface area (Å²) in [5.74, 6) is 1.18. The van der Waals surface area contributed by atoms with Crippen LogP contribution in [0.2, 0.25) is 0 Å². The molecule has 4 nitrogen and oxygen atoms in total. The van der Waals surface area contributed by atoms with Crippen LogP contribution in [0.15, 0.2) is 30.3 Å². The summed E-state index contributed by atoms with van der Waals surface area (Å²) in [7, 11) is 1.47. The van der Waals surface area contributed by atoms with E-state index in [0.29, 0.717) is 0 Å². The van der Waals surface area contributed by atoms with Crippen molar-refractivity contribution in [3.8, 4) is 0 Å². The van der Waals surface area contributed by atoms with Gasteiger partial charge in [0.25, 0.3) is 0 Å². The number of nitrogens with zero attached hydrogens (tertiary/aromatic N) is 2. The van der Waals surface area contributed by atoms with E-state index in [4.69, 9.17) is 9.72 Å². The van der Waals surface area contributed by atoms with Crippen LogP contribution in [0.4, 0.5) is 5.82 Å². The third-order valence-electron chi connectivity index (χ3n) is 5.34. The van der Waals surface area contributed by atoms with E-state index >= 15 is 0 Å². The summed E-state index contributed by atoms with van der Waals surface area (Å²) in [6, 6.07) is 10.4. The molecule has 0 amide bonds. The summed E-state index contributed by atoms with van der Waals surface area (Å²) in [5.41, 5.74) is 1.73. The number of esters is 1. The first-order valence-electron chi connectivity index (χ1n) is 8.63. The molecule has 4 heteroatoms. The highest BCUT2D eigenvalue weighted by Crippen LogP contribution is 2.37. The lowest BCUT2D eigenvalue weighted by atomic mass is 9.74. The van der Waals surface area contributed by atoms with E-state index in [9.17, 15) is 4.79 Å².